The Labute approximate surface area is 158 Å². The Balaban J connectivity index is 4.71. The predicted molar refractivity (Wildman–Crippen MR) is 103 cm³/mol. The van der Waals surface area contributed by atoms with Crippen molar-refractivity contribution in [3.63, 3.8) is 0 Å². The maximum absolute atomic E-state index is 12.5. The van der Waals surface area contributed by atoms with Gasteiger partial charge >= 0.3 is 7.82 Å². The van der Waals surface area contributed by atoms with E-state index in [0.29, 0.717) is 6.54 Å². The Kier molecular flexibility index (Phi) is 8.99. The first-order valence-corrected chi connectivity index (χ1v) is 10.5. The molecule has 8 heteroatoms. The molecule has 0 radical (unpaired) electrons. The van der Waals surface area contributed by atoms with E-state index in [2.05, 4.69) is 20.8 Å². The van der Waals surface area contributed by atoms with Gasteiger partial charge in [0, 0.05) is 19.0 Å². The van der Waals surface area contributed by atoms with E-state index in [1.54, 1.807) is 41.7 Å². The molecule has 0 bridgehead atoms. The van der Waals surface area contributed by atoms with Crippen molar-refractivity contribution in [1.82, 2.24) is 4.90 Å². The summed E-state index contributed by atoms with van der Waals surface area (Å²) in [6.07, 6.45) is 0.447. The van der Waals surface area contributed by atoms with Gasteiger partial charge in [-0.1, -0.05) is 34.6 Å². The summed E-state index contributed by atoms with van der Waals surface area (Å²) in [7, 11) is -2.63. The van der Waals surface area contributed by atoms with E-state index in [-0.39, 0.29) is 12.0 Å². The molecule has 0 aliphatic carbocycles. The highest BCUT2D eigenvalue weighted by Crippen LogP contribution is 2.48. The Morgan fingerprint density at radius 3 is 2.04 bits per heavy atom. The minimum absolute atomic E-state index is 0.185. The van der Waals surface area contributed by atoms with Crippen LogP contribution in [0.4, 0.5) is 0 Å². The Morgan fingerprint density at radius 2 is 1.62 bits per heavy atom. The van der Waals surface area contributed by atoms with Gasteiger partial charge in [-0.15, -0.1) is 0 Å². The van der Waals surface area contributed by atoms with Crippen LogP contribution >= 0.6 is 7.82 Å². The number of aliphatic hydroxyl groups excluding tert-OH is 1. The van der Waals surface area contributed by atoms with Crippen LogP contribution in [0.5, 0.6) is 0 Å². The number of amides is 1. The molecule has 0 rings (SSSR count). The Morgan fingerprint density at radius 1 is 1.12 bits per heavy atom. The van der Waals surface area contributed by atoms with Gasteiger partial charge in [0.1, 0.15) is 6.10 Å². The number of hydrogen-bond acceptors (Lipinski definition) is 5. The summed E-state index contributed by atoms with van der Waals surface area (Å²) in [5, 5.41) is 10.4. The summed E-state index contributed by atoms with van der Waals surface area (Å²) in [6, 6.07) is 0. The number of carbonyl (C=O) groups excluding carboxylic acids is 1. The lowest BCUT2D eigenvalue weighted by Gasteiger charge is -2.33. The Bertz CT molecular complexity index is 507. The SMILES string of the molecule is CN(CCCC(C)(C)C)C(=O)C(O)C(C)(C)COP(=O)(O)OC(C)(C)C. The zero-order valence-electron chi connectivity index (χ0n) is 17.8. The van der Waals surface area contributed by atoms with Crippen molar-refractivity contribution in [2.45, 2.75) is 79.9 Å². The number of phosphoric ester groups is 1. The summed E-state index contributed by atoms with van der Waals surface area (Å²) in [6.45, 7) is 14.8. The van der Waals surface area contributed by atoms with Gasteiger partial charge in [0.2, 0.25) is 0 Å². The highest BCUT2D eigenvalue weighted by molar-refractivity contribution is 7.47. The summed E-state index contributed by atoms with van der Waals surface area (Å²) in [5.74, 6) is -0.433. The zero-order chi connectivity index (χ0) is 21.0. The first kappa shape index (κ1) is 25.5. The highest BCUT2D eigenvalue weighted by atomic mass is 31.2. The van der Waals surface area contributed by atoms with E-state index in [9.17, 15) is 19.4 Å². The van der Waals surface area contributed by atoms with Crippen LogP contribution in [0.1, 0.15) is 68.2 Å². The maximum atomic E-state index is 12.5. The molecule has 0 saturated heterocycles. The van der Waals surface area contributed by atoms with Crippen molar-refractivity contribution in [2.75, 3.05) is 20.2 Å². The molecule has 0 heterocycles. The van der Waals surface area contributed by atoms with Crippen molar-refractivity contribution < 1.29 is 28.4 Å². The van der Waals surface area contributed by atoms with Crippen LogP contribution in [0.3, 0.4) is 0 Å². The summed E-state index contributed by atoms with van der Waals surface area (Å²) >= 11 is 0. The number of nitrogens with zero attached hydrogens (tertiary/aromatic N) is 1. The third-order valence-electron chi connectivity index (χ3n) is 3.76. The molecule has 0 aliphatic heterocycles. The minimum Gasteiger partial charge on any atom is -0.383 e. The number of phosphoric acid groups is 1. The second kappa shape index (κ2) is 9.16. The average molecular weight is 395 g/mol. The summed E-state index contributed by atoms with van der Waals surface area (Å²) in [5.41, 5.74) is -1.71. The van der Waals surface area contributed by atoms with Gasteiger partial charge in [-0.2, -0.15) is 0 Å². The van der Waals surface area contributed by atoms with Crippen LogP contribution in [0.2, 0.25) is 0 Å². The van der Waals surface area contributed by atoms with Crippen molar-refractivity contribution in [2.24, 2.45) is 10.8 Å². The molecule has 2 N–H and O–H groups in total. The first-order chi connectivity index (χ1) is 11.4. The topological polar surface area (TPSA) is 96.3 Å². The fourth-order valence-electron chi connectivity index (χ4n) is 2.20. The third kappa shape index (κ3) is 10.6. The van der Waals surface area contributed by atoms with Gasteiger partial charge in [0.25, 0.3) is 5.91 Å². The fraction of sp³-hybridized carbons (Fsp3) is 0.944. The molecule has 0 aromatic carbocycles. The molecule has 26 heavy (non-hydrogen) atoms. The number of aliphatic hydroxyl groups is 1. The largest absolute Gasteiger partial charge is 0.472 e. The van der Waals surface area contributed by atoms with Gasteiger partial charge in [-0.05, 0) is 39.0 Å². The van der Waals surface area contributed by atoms with Gasteiger partial charge in [-0.3, -0.25) is 13.8 Å². The van der Waals surface area contributed by atoms with Gasteiger partial charge in [-0.25, -0.2) is 4.57 Å². The molecular formula is C18H38NO6P. The van der Waals surface area contributed by atoms with E-state index < -0.39 is 30.8 Å². The number of rotatable bonds is 9. The van der Waals surface area contributed by atoms with Crippen LogP contribution in [-0.2, 0) is 18.4 Å². The van der Waals surface area contributed by atoms with Crippen LogP contribution < -0.4 is 0 Å². The number of likely N-dealkylation sites (N-methyl/N-ethyl adjacent to an activating group) is 1. The van der Waals surface area contributed by atoms with Crippen LogP contribution in [-0.4, -0.2) is 52.7 Å². The maximum Gasteiger partial charge on any atom is 0.472 e. The van der Waals surface area contributed by atoms with E-state index in [1.165, 1.54) is 4.90 Å². The van der Waals surface area contributed by atoms with E-state index in [4.69, 9.17) is 9.05 Å². The van der Waals surface area contributed by atoms with Gasteiger partial charge < -0.3 is 14.9 Å². The Hall–Kier alpha value is -0.460. The summed E-state index contributed by atoms with van der Waals surface area (Å²) < 4.78 is 22.0. The van der Waals surface area contributed by atoms with Gasteiger partial charge in [0.05, 0.1) is 12.2 Å². The van der Waals surface area contributed by atoms with E-state index in [1.807, 2.05) is 0 Å². The molecule has 0 aliphatic rings. The molecule has 7 nitrogen and oxygen atoms in total. The highest BCUT2D eigenvalue weighted by Gasteiger charge is 2.39. The number of hydrogen-bond donors (Lipinski definition) is 2. The van der Waals surface area contributed by atoms with Crippen LogP contribution in [0, 0.1) is 10.8 Å². The van der Waals surface area contributed by atoms with Crippen molar-refractivity contribution in [3.8, 4) is 0 Å². The molecule has 0 aromatic heterocycles. The quantitative estimate of drug-likeness (QED) is 0.579. The van der Waals surface area contributed by atoms with Crippen molar-refractivity contribution in [1.29, 1.82) is 0 Å². The molecule has 2 unspecified atom stereocenters. The third-order valence-corrected chi connectivity index (χ3v) is 4.99. The molecule has 1 amide bonds. The standard InChI is InChI=1S/C18H38NO6P/c1-16(2,3)11-10-12-19(9)15(21)14(20)18(7,8)13-24-26(22,23)25-17(4,5)6/h14,20H,10-13H2,1-9H3,(H,22,23). The van der Waals surface area contributed by atoms with Crippen LogP contribution in [0.15, 0.2) is 0 Å². The predicted octanol–water partition coefficient (Wildman–Crippen LogP) is 3.59. The average Bonchev–Trinajstić information content (AvgIpc) is 2.39. The lowest BCUT2D eigenvalue weighted by Crippen LogP contribution is -2.46. The lowest BCUT2D eigenvalue weighted by atomic mass is 9.86. The molecule has 0 saturated carbocycles. The molecule has 0 aromatic rings. The lowest BCUT2D eigenvalue weighted by molar-refractivity contribution is -0.147. The molecule has 0 fully saturated rings. The molecule has 0 spiro atoms. The normalized spacial score (nSPS) is 16.9. The zero-order valence-corrected chi connectivity index (χ0v) is 18.7. The van der Waals surface area contributed by atoms with E-state index >= 15 is 0 Å². The van der Waals surface area contributed by atoms with Crippen molar-refractivity contribution in [3.05, 3.63) is 0 Å². The van der Waals surface area contributed by atoms with Crippen LogP contribution in [0.25, 0.3) is 0 Å². The first-order valence-electron chi connectivity index (χ1n) is 8.97. The summed E-state index contributed by atoms with van der Waals surface area (Å²) in [4.78, 5) is 23.7. The molecule has 156 valence electrons. The molecular weight excluding hydrogens is 357 g/mol. The minimum atomic E-state index is -4.28. The monoisotopic (exact) mass is 395 g/mol. The number of carbonyl (C=O) groups is 1. The fourth-order valence-corrected chi connectivity index (χ4v) is 3.44. The van der Waals surface area contributed by atoms with E-state index in [0.717, 1.165) is 12.8 Å². The molecule has 2 atom stereocenters. The second-order valence-corrected chi connectivity index (χ2v) is 11.1. The smallest absolute Gasteiger partial charge is 0.383 e. The van der Waals surface area contributed by atoms with Crippen molar-refractivity contribution >= 4 is 13.7 Å². The van der Waals surface area contributed by atoms with Gasteiger partial charge in [0.15, 0.2) is 0 Å². The second-order valence-electron chi connectivity index (χ2n) is 9.76.